The lowest BCUT2D eigenvalue weighted by Crippen LogP contribution is -2.41. The van der Waals surface area contributed by atoms with Crippen molar-refractivity contribution in [1.29, 1.82) is 0 Å². The van der Waals surface area contributed by atoms with Crippen LogP contribution in [0.15, 0.2) is 18.2 Å². The molecule has 2 saturated heterocycles. The van der Waals surface area contributed by atoms with Crippen molar-refractivity contribution in [2.75, 3.05) is 19.9 Å². The number of rotatable bonds is 4. The van der Waals surface area contributed by atoms with Crippen LogP contribution >= 0.6 is 0 Å². The fourth-order valence-corrected chi connectivity index (χ4v) is 3.28. The van der Waals surface area contributed by atoms with Gasteiger partial charge in [-0.3, -0.25) is 14.5 Å². The largest absolute Gasteiger partial charge is 0.454 e. The molecule has 3 aliphatic rings. The Morgan fingerprint density at radius 2 is 2.08 bits per heavy atom. The third-order valence-corrected chi connectivity index (χ3v) is 4.51. The first-order valence-electron chi connectivity index (χ1n) is 7.91. The monoisotopic (exact) mass is 331 g/mol. The van der Waals surface area contributed by atoms with Crippen LogP contribution < -0.4 is 14.8 Å². The smallest absolute Gasteiger partial charge is 0.327 e. The molecule has 3 aliphatic heterocycles. The number of carbonyl (C=O) groups excluding carboxylic acids is 3. The van der Waals surface area contributed by atoms with Gasteiger partial charge in [0.05, 0.1) is 0 Å². The van der Waals surface area contributed by atoms with Gasteiger partial charge in [-0.1, -0.05) is 6.07 Å². The first-order valence-corrected chi connectivity index (χ1v) is 7.91. The van der Waals surface area contributed by atoms with E-state index in [9.17, 15) is 14.4 Å². The van der Waals surface area contributed by atoms with Crippen LogP contribution in [0.4, 0.5) is 4.79 Å². The summed E-state index contributed by atoms with van der Waals surface area (Å²) >= 11 is 0. The molecule has 0 spiro atoms. The van der Waals surface area contributed by atoms with Crippen LogP contribution in [-0.2, 0) is 16.1 Å². The molecule has 0 aromatic heterocycles. The molecule has 4 amide bonds. The first-order chi connectivity index (χ1) is 11.6. The summed E-state index contributed by atoms with van der Waals surface area (Å²) in [7, 11) is 0. The SMILES string of the molecule is O=C(CN1C(=O)C2CCCN2C1=O)NCc1ccc2c(c1)OCO2. The van der Waals surface area contributed by atoms with Crippen molar-refractivity contribution < 1.29 is 23.9 Å². The molecule has 8 nitrogen and oxygen atoms in total. The Kier molecular flexibility index (Phi) is 3.51. The van der Waals surface area contributed by atoms with Crippen LogP contribution in [0.5, 0.6) is 11.5 Å². The van der Waals surface area contributed by atoms with Crippen molar-refractivity contribution in [2.45, 2.75) is 25.4 Å². The van der Waals surface area contributed by atoms with Crippen molar-refractivity contribution in [3.05, 3.63) is 23.8 Å². The highest BCUT2D eigenvalue weighted by molar-refractivity contribution is 6.06. The summed E-state index contributed by atoms with van der Waals surface area (Å²) < 4.78 is 10.5. The zero-order valence-corrected chi connectivity index (χ0v) is 13.0. The Morgan fingerprint density at radius 1 is 1.25 bits per heavy atom. The van der Waals surface area contributed by atoms with Crippen LogP contribution in [-0.4, -0.2) is 53.6 Å². The summed E-state index contributed by atoms with van der Waals surface area (Å²) in [5.41, 5.74) is 0.854. The summed E-state index contributed by atoms with van der Waals surface area (Å²) in [4.78, 5) is 39.0. The van der Waals surface area contributed by atoms with E-state index in [1.165, 1.54) is 0 Å². The summed E-state index contributed by atoms with van der Waals surface area (Å²) in [5, 5.41) is 2.72. The number of nitrogens with one attached hydrogen (secondary N) is 1. The van der Waals surface area contributed by atoms with Crippen molar-refractivity contribution in [1.82, 2.24) is 15.1 Å². The van der Waals surface area contributed by atoms with E-state index in [1.54, 1.807) is 17.0 Å². The number of nitrogens with zero attached hydrogens (tertiary/aromatic N) is 2. The van der Waals surface area contributed by atoms with E-state index in [4.69, 9.17) is 9.47 Å². The van der Waals surface area contributed by atoms with Gasteiger partial charge in [0.2, 0.25) is 12.7 Å². The fraction of sp³-hybridized carbons (Fsp3) is 0.438. The number of hydrogen-bond donors (Lipinski definition) is 1. The maximum Gasteiger partial charge on any atom is 0.327 e. The van der Waals surface area contributed by atoms with Gasteiger partial charge in [-0.15, -0.1) is 0 Å². The minimum absolute atomic E-state index is 0.196. The quantitative estimate of drug-likeness (QED) is 0.810. The van der Waals surface area contributed by atoms with Crippen LogP contribution in [0.3, 0.4) is 0 Å². The molecule has 0 aliphatic carbocycles. The van der Waals surface area contributed by atoms with Crippen LogP contribution in [0, 0.1) is 0 Å². The molecule has 0 bridgehead atoms. The van der Waals surface area contributed by atoms with Crippen molar-refractivity contribution in [2.24, 2.45) is 0 Å². The summed E-state index contributed by atoms with van der Waals surface area (Å²) in [6.07, 6.45) is 1.52. The summed E-state index contributed by atoms with van der Waals surface area (Å²) in [5.74, 6) is 0.692. The molecule has 24 heavy (non-hydrogen) atoms. The third kappa shape index (κ3) is 2.44. The van der Waals surface area contributed by atoms with Crippen molar-refractivity contribution in [3.8, 4) is 11.5 Å². The Labute approximate surface area is 138 Å². The Morgan fingerprint density at radius 3 is 2.92 bits per heavy atom. The van der Waals surface area contributed by atoms with Crippen LogP contribution in [0.1, 0.15) is 18.4 Å². The number of fused-ring (bicyclic) bond motifs is 2. The normalized spacial score (nSPS) is 21.4. The van der Waals surface area contributed by atoms with Crippen LogP contribution in [0.25, 0.3) is 0 Å². The summed E-state index contributed by atoms with van der Waals surface area (Å²) in [6, 6.07) is 4.67. The second-order valence-electron chi connectivity index (χ2n) is 6.02. The van der Waals surface area contributed by atoms with Gasteiger partial charge < -0.3 is 19.7 Å². The molecule has 1 atom stereocenters. The lowest BCUT2D eigenvalue weighted by atomic mass is 10.2. The lowest BCUT2D eigenvalue weighted by Gasteiger charge is -2.15. The lowest BCUT2D eigenvalue weighted by molar-refractivity contribution is -0.132. The molecule has 0 saturated carbocycles. The predicted octanol–water partition coefficient (Wildman–Crippen LogP) is 0.458. The maximum atomic E-state index is 12.2. The van der Waals surface area contributed by atoms with Crippen molar-refractivity contribution >= 4 is 17.8 Å². The van der Waals surface area contributed by atoms with Crippen LogP contribution in [0.2, 0.25) is 0 Å². The molecule has 3 heterocycles. The highest BCUT2D eigenvalue weighted by Crippen LogP contribution is 2.32. The van der Waals surface area contributed by atoms with E-state index in [2.05, 4.69) is 5.32 Å². The number of carbonyl (C=O) groups is 3. The van der Waals surface area contributed by atoms with Gasteiger partial charge in [0.25, 0.3) is 5.91 Å². The van der Waals surface area contributed by atoms with E-state index in [-0.39, 0.29) is 37.2 Å². The van der Waals surface area contributed by atoms with Gasteiger partial charge in [0.1, 0.15) is 12.6 Å². The fourth-order valence-electron chi connectivity index (χ4n) is 3.28. The van der Waals surface area contributed by atoms with E-state index >= 15 is 0 Å². The highest BCUT2D eigenvalue weighted by atomic mass is 16.7. The topological polar surface area (TPSA) is 88.2 Å². The Bertz CT molecular complexity index is 698. The molecule has 126 valence electrons. The van der Waals surface area contributed by atoms with Gasteiger partial charge in [-0.2, -0.15) is 0 Å². The second-order valence-corrected chi connectivity index (χ2v) is 6.02. The van der Waals surface area contributed by atoms with Crippen molar-refractivity contribution in [3.63, 3.8) is 0 Å². The van der Waals surface area contributed by atoms with Gasteiger partial charge in [0, 0.05) is 13.1 Å². The Hall–Kier alpha value is -2.77. The second kappa shape index (κ2) is 5.70. The molecular formula is C16H17N3O5. The molecule has 1 unspecified atom stereocenters. The number of imide groups is 1. The minimum atomic E-state index is -0.376. The average molecular weight is 331 g/mol. The number of hydrogen-bond acceptors (Lipinski definition) is 5. The van der Waals surface area contributed by atoms with E-state index < -0.39 is 0 Å². The molecule has 2 fully saturated rings. The van der Waals surface area contributed by atoms with Gasteiger partial charge in [-0.05, 0) is 30.5 Å². The molecule has 4 rings (SSSR count). The molecule has 8 heteroatoms. The highest BCUT2D eigenvalue weighted by Gasteiger charge is 2.47. The molecule has 1 aromatic rings. The zero-order valence-electron chi connectivity index (χ0n) is 13.0. The molecule has 0 radical (unpaired) electrons. The number of ether oxygens (including phenoxy) is 2. The van der Waals surface area contributed by atoms with Gasteiger partial charge in [-0.25, -0.2) is 4.79 Å². The minimum Gasteiger partial charge on any atom is -0.454 e. The molecular weight excluding hydrogens is 314 g/mol. The average Bonchev–Trinajstić information content (AvgIpc) is 3.28. The molecule has 1 aromatic carbocycles. The predicted molar refractivity (Wildman–Crippen MR) is 81.2 cm³/mol. The summed E-state index contributed by atoms with van der Waals surface area (Å²) in [6.45, 7) is 0.834. The van der Waals surface area contributed by atoms with E-state index in [0.717, 1.165) is 16.9 Å². The maximum absolute atomic E-state index is 12.2. The standard InChI is InChI=1S/C16H17N3O5/c20-14(8-19-15(21)11-2-1-5-18(11)16(19)22)17-7-10-3-4-12-13(6-10)24-9-23-12/h3-4,6,11H,1-2,5,7-9H2,(H,17,20). The number of benzene rings is 1. The van der Waals surface area contributed by atoms with E-state index in [1.807, 2.05) is 6.07 Å². The Balaban J connectivity index is 1.34. The van der Waals surface area contributed by atoms with Gasteiger partial charge >= 0.3 is 6.03 Å². The first kappa shape index (κ1) is 14.8. The van der Waals surface area contributed by atoms with E-state index in [0.29, 0.717) is 31.0 Å². The molecule has 1 N–H and O–H groups in total. The number of urea groups is 1. The number of amides is 4. The third-order valence-electron chi connectivity index (χ3n) is 4.51. The zero-order chi connectivity index (χ0) is 16.7. The van der Waals surface area contributed by atoms with Gasteiger partial charge in [0.15, 0.2) is 11.5 Å².